The summed E-state index contributed by atoms with van der Waals surface area (Å²) < 4.78 is 5.83. The van der Waals surface area contributed by atoms with E-state index >= 15 is 0 Å². The van der Waals surface area contributed by atoms with Crippen LogP contribution in [0.25, 0.3) is 0 Å². The summed E-state index contributed by atoms with van der Waals surface area (Å²) in [5.41, 5.74) is 0. The van der Waals surface area contributed by atoms with Crippen LogP contribution in [0, 0.1) is 5.92 Å². The minimum atomic E-state index is 0.173. The molecular weight excluding hydrogens is 302 g/mol. The highest BCUT2D eigenvalue weighted by Crippen LogP contribution is 2.39. The predicted octanol–water partition coefficient (Wildman–Crippen LogP) is 2.64. The second-order valence-electron chi connectivity index (χ2n) is 4.58. The number of nitrogens with zero attached hydrogens (tertiary/aromatic N) is 1. The van der Waals surface area contributed by atoms with E-state index in [2.05, 4.69) is 15.9 Å². The lowest BCUT2D eigenvalue weighted by Gasteiger charge is -2.28. The number of carbonyl (C=O) groups excluding carboxylic acids is 1. The zero-order valence-electron chi connectivity index (χ0n) is 9.39. The Morgan fingerprint density at radius 2 is 2.41 bits per heavy atom. The SMILES string of the molecule is O=C(CBr)N1Cc2sccc2OCC1C1CC1. The molecule has 0 bridgehead atoms. The quantitative estimate of drug-likeness (QED) is 0.785. The van der Waals surface area contributed by atoms with E-state index in [-0.39, 0.29) is 11.9 Å². The van der Waals surface area contributed by atoms with Crippen LogP contribution in [0.5, 0.6) is 5.75 Å². The third kappa shape index (κ3) is 2.22. The molecule has 2 aliphatic rings. The number of hydrogen-bond donors (Lipinski definition) is 0. The number of carbonyl (C=O) groups is 1. The highest BCUT2D eigenvalue weighted by atomic mass is 79.9. The standard InChI is InChI=1S/C12H14BrNO2S/c13-5-12(15)14-6-11-10(3-4-17-11)16-7-9(14)8-1-2-8/h3-4,8-9H,1-2,5-7H2. The van der Waals surface area contributed by atoms with Crippen molar-refractivity contribution in [3.8, 4) is 5.75 Å². The van der Waals surface area contributed by atoms with Crippen molar-refractivity contribution in [2.24, 2.45) is 5.92 Å². The Bertz CT molecular complexity index is 430. The van der Waals surface area contributed by atoms with Gasteiger partial charge in [-0.15, -0.1) is 11.3 Å². The Hall–Kier alpha value is -0.550. The van der Waals surface area contributed by atoms with E-state index in [0.29, 0.717) is 24.4 Å². The number of rotatable bonds is 2. The molecule has 92 valence electrons. The number of fused-ring (bicyclic) bond motifs is 1. The zero-order chi connectivity index (χ0) is 11.8. The van der Waals surface area contributed by atoms with E-state index < -0.39 is 0 Å². The van der Waals surface area contributed by atoms with E-state index in [0.717, 1.165) is 5.75 Å². The van der Waals surface area contributed by atoms with Crippen LogP contribution < -0.4 is 4.74 Å². The fourth-order valence-electron chi connectivity index (χ4n) is 2.33. The minimum absolute atomic E-state index is 0.173. The first-order valence-corrected chi connectivity index (χ1v) is 7.84. The molecule has 1 saturated carbocycles. The molecule has 0 N–H and O–H groups in total. The van der Waals surface area contributed by atoms with Crippen LogP contribution in [0.3, 0.4) is 0 Å². The molecule has 3 nitrogen and oxygen atoms in total. The average Bonchev–Trinajstić information content (AvgIpc) is 3.11. The van der Waals surface area contributed by atoms with Gasteiger partial charge in [-0.1, -0.05) is 15.9 Å². The highest BCUT2D eigenvalue weighted by Gasteiger charge is 2.39. The lowest BCUT2D eigenvalue weighted by Crippen LogP contribution is -2.43. The molecule has 1 fully saturated rings. The summed E-state index contributed by atoms with van der Waals surface area (Å²) >= 11 is 4.95. The maximum Gasteiger partial charge on any atom is 0.233 e. The molecule has 3 rings (SSSR count). The summed E-state index contributed by atoms with van der Waals surface area (Å²) in [4.78, 5) is 15.2. The van der Waals surface area contributed by atoms with Crippen molar-refractivity contribution in [2.45, 2.75) is 25.4 Å². The van der Waals surface area contributed by atoms with Gasteiger partial charge in [0.2, 0.25) is 5.91 Å². The van der Waals surface area contributed by atoms with Gasteiger partial charge in [0.1, 0.15) is 12.4 Å². The van der Waals surface area contributed by atoms with Crippen LogP contribution in [0.1, 0.15) is 17.7 Å². The van der Waals surface area contributed by atoms with Crippen LogP contribution in [-0.2, 0) is 11.3 Å². The lowest BCUT2D eigenvalue weighted by molar-refractivity contribution is -0.132. The molecule has 0 radical (unpaired) electrons. The van der Waals surface area contributed by atoms with Gasteiger partial charge in [0.15, 0.2) is 0 Å². The first-order chi connectivity index (χ1) is 8.29. The van der Waals surface area contributed by atoms with Crippen molar-refractivity contribution in [1.82, 2.24) is 4.90 Å². The monoisotopic (exact) mass is 315 g/mol. The van der Waals surface area contributed by atoms with Gasteiger partial charge in [0, 0.05) is 0 Å². The third-order valence-electron chi connectivity index (χ3n) is 3.43. The fraction of sp³-hybridized carbons (Fsp3) is 0.583. The Labute approximate surface area is 113 Å². The summed E-state index contributed by atoms with van der Waals surface area (Å²) in [6, 6.07) is 2.27. The van der Waals surface area contributed by atoms with E-state index in [1.54, 1.807) is 11.3 Å². The molecule has 1 aliphatic carbocycles. The summed E-state index contributed by atoms with van der Waals surface area (Å²) in [7, 11) is 0. The molecule has 1 amide bonds. The first kappa shape index (κ1) is 11.5. The van der Waals surface area contributed by atoms with Gasteiger partial charge in [0.05, 0.1) is 22.8 Å². The normalized spacial score (nSPS) is 23.8. The molecule has 5 heteroatoms. The third-order valence-corrected chi connectivity index (χ3v) is 4.80. The molecule has 0 aromatic carbocycles. The molecule has 1 aliphatic heterocycles. The second-order valence-corrected chi connectivity index (χ2v) is 6.14. The van der Waals surface area contributed by atoms with Crippen LogP contribution >= 0.6 is 27.3 Å². The Kier molecular flexibility index (Phi) is 3.13. The summed E-state index contributed by atoms with van der Waals surface area (Å²) in [5, 5.41) is 2.43. The maximum absolute atomic E-state index is 12.0. The Morgan fingerprint density at radius 1 is 1.59 bits per heavy atom. The Balaban J connectivity index is 1.87. The first-order valence-electron chi connectivity index (χ1n) is 5.84. The summed E-state index contributed by atoms with van der Waals surface area (Å²) in [6.45, 7) is 1.35. The van der Waals surface area contributed by atoms with Crippen molar-refractivity contribution >= 4 is 33.2 Å². The van der Waals surface area contributed by atoms with Gasteiger partial charge in [0.25, 0.3) is 0 Å². The van der Waals surface area contributed by atoms with Crippen LogP contribution in [0.15, 0.2) is 11.4 Å². The number of hydrogen-bond acceptors (Lipinski definition) is 3. The number of ether oxygens (including phenoxy) is 1. The number of thiophene rings is 1. The largest absolute Gasteiger partial charge is 0.490 e. The highest BCUT2D eigenvalue weighted by molar-refractivity contribution is 9.09. The maximum atomic E-state index is 12.0. The van der Waals surface area contributed by atoms with E-state index in [4.69, 9.17) is 4.74 Å². The van der Waals surface area contributed by atoms with E-state index in [9.17, 15) is 4.79 Å². The van der Waals surface area contributed by atoms with Gasteiger partial charge >= 0.3 is 0 Å². The van der Waals surface area contributed by atoms with Crippen molar-refractivity contribution < 1.29 is 9.53 Å². The molecule has 17 heavy (non-hydrogen) atoms. The number of halogens is 1. The van der Waals surface area contributed by atoms with Crippen molar-refractivity contribution in [3.63, 3.8) is 0 Å². The van der Waals surface area contributed by atoms with Crippen molar-refractivity contribution in [3.05, 3.63) is 16.3 Å². The molecule has 2 heterocycles. The van der Waals surface area contributed by atoms with E-state index in [1.165, 1.54) is 17.7 Å². The molecule has 0 spiro atoms. The molecule has 0 saturated heterocycles. The topological polar surface area (TPSA) is 29.5 Å². The van der Waals surface area contributed by atoms with Gasteiger partial charge in [-0.3, -0.25) is 4.79 Å². The summed E-state index contributed by atoms with van der Waals surface area (Å²) in [5.74, 6) is 1.78. The van der Waals surface area contributed by atoms with Crippen LogP contribution in [0.4, 0.5) is 0 Å². The van der Waals surface area contributed by atoms with Gasteiger partial charge in [-0.2, -0.15) is 0 Å². The lowest BCUT2D eigenvalue weighted by atomic mass is 10.1. The van der Waals surface area contributed by atoms with Gasteiger partial charge in [-0.05, 0) is 30.2 Å². The van der Waals surface area contributed by atoms with Gasteiger partial charge < -0.3 is 9.64 Å². The zero-order valence-corrected chi connectivity index (χ0v) is 11.8. The Morgan fingerprint density at radius 3 is 3.12 bits per heavy atom. The fourth-order valence-corrected chi connectivity index (χ4v) is 3.47. The van der Waals surface area contributed by atoms with Crippen LogP contribution in [0.2, 0.25) is 0 Å². The molecule has 1 unspecified atom stereocenters. The number of alkyl halides is 1. The van der Waals surface area contributed by atoms with Crippen molar-refractivity contribution in [2.75, 3.05) is 11.9 Å². The van der Waals surface area contributed by atoms with E-state index in [1.807, 2.05) is 16.3 Å². The second kappa shape index (κ2) is 4.61. The molecule has 1 aromatic heterocycles. The van der Waals surface area contributed by atoms with Crippen LogP contribution in [-0.4, -0.2) is 28.8 Å². The smallest absolute Gasteiger partial charge is 0.233 e. The average molecular weight is 316 g/mol. The molecule has 1 atom stereocenters. The number of amides is 1. The minimum Gasteiger partial charge on any atom is -0.490 e. The van der Waals surface area contributed by atoms with Gasteiger partial charge in [-0.25, -0.2) is 0 Å². The summed E-state index contributed by atoms with van der Waals surface area (Å²) in [6.07, 6.45) is 2.46. The molecule has 1 aromatic rings. The molecular formula is C12H14BrNO2S. The predicted molar refractivity (Wildman–Crippen MR) is 70.7 cm³/mol. The van der Waals surface area contributed by atoms with Crippen molar-refractivity contribution in [1.29, 1.82) is 0 Å².